The summed E-state index contributed by atoms with van der Waals surface area (Å²) in [7, 11) is 1.55. The highest BCUT2D eigenvalue weighted by atomic mass is 16.5. The first kappa shape index (κ1) is 24.1. The van der Waals surface area contributed by atoms with Crippen molar-refractivity contribution in [3.05, 3.63) is 99.4 Å². The van der Waals surface area contributed by atoms with Gasteiger partial charge in [-0.15, -0.1) is 0 Å². The van der Waals surface area contributed by atoms with Crippen LogP contribution in [-0.4, -0.2) is 25.6 Å². The van der Waals surface area contributed by atoms with Crippen LogP contribution in [0.2, 0.25) is 0 Å². The van der Waals surface area contributed by atoms with Crippen LogP contribution in [0, 0.1) is 0 Å². The molecular formula is C29H25NO7. The number of hydrogen-bond acceptors (Lipinski definition) is 7. The van der Waals surface area contributed by atoms with Gasteiger partial charge in [0.05, 0.1) is 12.7 Å². The molecule has 0 fully saturated rings. The second kappa shape index (κ2) is 10.6. The van der Waals surface area contributed by atoms with Gasteiger partial charge in [0.1, 0.15) is 23.7 Å². The highest BCUT2D eigenvalue weighted by Crippen LogP contribution is 2.29. The molecule has 0 spiro atoms. The van der Waals surface area contributed by atoms with E-state index in [1.807, 2.05) is 12.1 Å². The number of methoxy groups -OCH3 is 1. The van der Waals surface area contributed by atoms with Crippen LogP contribution in [0.1, 0.15) is 33.5 Å². The third-order valence-electron chi connectivity index (χ3n) is 6.21. The number of rotatable bonds is 8. The molecule has 0 saturated heterocycles. The highest BCUT2D eigenvalue weighted by molar-refractivity contribution is 5.92. The Balaban J connectivity index is 1.18. The maximum atomic E-state index is 12.6. The fourth-order valence-electron chi connectivity index (χ4n) is 4.37. The minimum atomic E-state index is -0.537. The Morgan fingerprint density at radius 3 is 2.51 bits per heavy atom. The molecular weight excluding hydrogens is 474 g/mol. The number of nitrogens with one attached hydrogen (secondary N) is 1. The fraction of sp³-hybridized carbons (Fsp3) is 0.207. The van der Waals surface area contributed by atoms with Crippen molar-refractivity contribution in [1.82, 2.24) is 0 Å². The van der Waals surface area contributed by atoms with E-state index in [0.29, 0.717) is 33.9 Å². The molecule has 3 aromatic carbocycles. The quantitative estimate of drug-likeness (QED) is 0.278. The standard InChI is InChI=1S/C29H25NO7/c1-34-24-7-3-6-22(15-24)30-27(31)17-35-23-10-8-18(9-11-23)29(33)36-16-21-14-28(32)37-26-13-20-5-2-4-19(20)12-25(21)26/h3,6-15H,2,4-5,16-17H2,1H3,(H,30,31). The van der Waals surface area contributed by atoms with Crippen molar-refractivity contribution in [1.29, 1.82) is 0 Å². The molecule has 8 nitrogen and oxygen atoms in total. The van der Waals surface area contributed by atoms with Crippen LogP contribution in [-0.2, 0) is 29.0 Å². The van der Waals surface area contributed by atoms with Crippen molar-refractivity contribution in [2.75, 3.05) is 19.0 Å². The van der Waals surface area contributed by atoms with E-state index in [1.54, 1.807) is 55.6 Å². The van der Waals surface area contributed by atoms with Gasteiger partial charge in [-0.1, -0.05) is 6.07 Å². The summed E-state index contributed by atoms with van der Waals surface area (Å²) >= 11 is 0. The molecule has 0 radical (unpaired) electrons. The van der Waals surface area contributed by atoms with Crippen molar-refractivity contribution in [2.45, 2.75) is 25.9 Å². The molecule has 8 heteroatoms. The minimum Gasteiger partial charge on any atom is -0.497 e. The van der Waals surface area contributed by atoms with E-state index in [0.717, 1.165) is 24.6 Å². The Morgan fingerprint density at radius 1 is 0.946 bits per heavy atom. The molecule has 1 heterocycles. The van der Waals surface area contributed by atoms with Crippen molar-refractivity contribution in [3.8, 4) is 11.5 Å². The number of hydrogen-bond donors (Lipinski definition) is 1. The van der Waals surface area contributed by atoms with Crippen LogP contribution in [0.4, 0.5) is 5.69 Å². The second-order valence-corrected chi connectivity index (χ2v) is 8.73. The van der Waals surface area contributed by atoms with Gasteiger partial charge >= 0.3 is 11.6 Å². The molecule has 4 aromatic rings. The largest absolute Gasteiger partial charge is 0.497 e. The summed E-state index contributed by atoms with van der Waals surface area (Å²) in [5.41, 5.74) is 3.99. The van der Waals surface area contributed by atoms with Gasteiger partial charge in [-0.3, -0.25) is 4.79 Å². The number of anilines is 1. The number of aryl methyl sites for hydroxylation is 2. The van der Waals surface area contributed by atoms with Gasteiger partial charge < -0.3 is 23.9 Å². The molecule has 37 heavy (non-hydrogen) atoms. The molecule has 188 valence electrons. The predicted octanol–water partition coefficient (Wildman–Crippen LogP) is 4.66. The lowest BCUT2D eigenvalue weighted by molar-refractivity contribution is -0.118. The molecule has 1 aliphatic rings. The Morgan fingerprint density at radius 2 is 1.73 bits per heavy atom. The van der Waals surface area contributed by atoms with Gasteiger partial charge in [0.15, 0.2) is 6.61 Å². The van der Waals surface area contributed by atoms with Crippen LogP contribution in [0.25, 0.3) is 11.0 Å². The summed E-state index contributed by atoms with van der Waals surface area (Å²) in [6.07, 6.45) is 3.04. The summed E-state index contributed by atoms with van der Waals surface area (Å²) in [6, 6.07) is 18.6. The molecule has 1 N–H and O–H groups in total. The van der Waals surface area contributed by atoms with E-state index in [1.165, 1.54) is 17.2 Å². The number of esters is 1. The van der Waals surface area contributed by atoms with E-state index in [4.69, 9.17) is 18.6 Å². The first-order chi connectivity index (χ1) is 18.0. The molecule has 1 amide bonds. The average molecular weight is 500 g/mol. The zero-order valence-electron chi connectivity index (χ0n) is 20.2. The SMILES string of the molecule is COc1cccc(NC(=O)COc2ccc(C(=O)OCc3cc(=O)oc4cc5c(cc34)CCC5)cc2)c1. The number of benzene rings is 3. The van der Waals surface area contributed by atoms with Crippen molar-refractivity contribution >= 4 is 28.5 Å². The zero-order valence-corrected chi connectivity index (χ0v) is 20.2. The van der Waals surface area contributed by atoms with Crippen molar-refractivity contribution in [3.63, 3.8) is 0 Å². The Labute approximate surface area is 212 Å². The van der Waals surface area contributed by atoms with Gasteiger partial charge in [0.25, 0.3) is 5.91 Å². The van der Waals surface area contributed by atoms with Crippen LogP contribution in [0.3, 0.4) is 0 Å². The Kier molecular flexibility index (Phi) is 6.89. The average Bonchev–Trinajstić information content (AvgIpc) is 3.37. The fourth-order valence-corrected chi connectivity index (χ4v) is 4.37. The molecule has 1 aromatic heterocycles. The summed E-state index contributed by atoms with van der Waals surface area (Å²) < 4.78 is 21.5. The number of amides is 1. The zero-order chi connectivity index (χ0) is 25.8. The first-order valence-corrected chi connectivity index (χ1v) is 11.9. The molecule has 1 aliphatic carbocycles. The van der Waals surface area contributed by atoms with Gasteiger partial charge in [0.2, 0.25) is 0 Å². The van der Waals surface area contributed by atoms with Gasteiger partial charge in [-0.25, -0.2) is 9.59 Å². The van der Waals surface area contributed by atoms with E-state index < -0.39 is 11.6 Å². The van der Waals surface area contributed by atoms with Crippen molar-refractivity contribution < 1.29 is 28.2 Å². The molecule has 0 atom stereocenters. The Hall–Kier alpha value is -4.59. The third-order valence-corrected chi connectivity index (χ3v) is 6.21. The Bertz CT molecular complexity index is 1520. The molecule has 5 rings (SSSR count). The minimum absolute atomic E-state index is 0.0532. The van der Waals surface area contributed by atoms with E-state index in [-0.39, 0.29) is 19.1 Å². The van der Waals surface area contributed by atoms with Gasteiger partial charge in [-0.2, -0.15) is 0 Å². The monoisotopic (exact) mass is 499 g/mol. The molecule has 0 unspecified atom stereocenters. The predicted molar refractivity (Wildman–Crippen MR) is 137 cm³/mol. The van der Waals surface area contributed by atoms with E-state index in [9.17, 15) is 14.4 Å². The van der Waals surface area contributed by atoms with Crippen LogP contribution in [0.5, 0.6) is 11.5 Å². The summed E-state index contributed by atoms with van der Waals surface area (Å²) in [4.78, 5) is 36.8. The maximum Gasteiger partial charge on any atom is 0.338 e. The lowest BCUT2D eigenvalue weighted by Crippen LogP contribution is -2.20. The molecule has 0 bridgehead atoms. The number of carbonyl (C=O) groups excluding carboxylic acids is 2. The normalized spacial score (nSPS) is 12.1. The number of fused-ring (bicyclic) bond motifs is 2. The number of carbonyl (C=O) groups is 2. The lowest BCUT2D eigenvalue weighted by Gasteiger charge is -2.10. The summed E-state index contributed by atoms with van der Waals surface area (Å²) in [5.74, 6) is 0.193. The summed E-state index contributed by atoms with van der Waals surface area (Å²) in [5, 5.41) is 3.51. The smallest absolute Gasteiger partial charge is 0.338 e. The van der Waals surface area contributed by atoms with Crippen LogP contribution in [0.15, 0.2) is 75.9 Å². The van der Waals surface area contributed by atoms with E-state index >= 15 is 0 Å². The first-order valence-electron chi connectivity index (χ1n) is 11.9. The van der Waals surface area contributed by atoms with Crippen molar-refractivity contribution in [2.24, 2.45) is 0 Å². The van der Waals surface area contributed by atoms with E-state index in [2.05, 4.69) is 5.32 Å². The van der Waals surface area contributed by atoms with Crippen LogP contribution < -0.4 is 20.4 Å². The molecule has 0 saturated carbocycles. The van der Waals surface area contributed by atoms with Crippen LogP contribution >= 0.6 is 0 Å². The number of ether oxygens (including phenoxy) is 3. The van der Waals surface area contributed by atoms with Gasteiger partial charge in [0, 0.05) is 28.8 Å². The lowest BCUT2D eigenvalue weighted by atomic mass is 10.0. The second-order valence-electron chi connectivity index (χ2n) is 8.73. The highest BCUT2D eigenvalue weighted by Gasteiger charge is 2.16. The summed E-state index contributed by atoms with van der Waals surface area (Å²) in [6.45, 7) is -0.253. The maximum absolute atomic E-state index is 12.6. The van der Waals surface area contributed by atoms with Gasteiger partial charge in [-0.05, 0) is 78.9 Å². The third kappa shape index (κ3) is 5.64. The molecule has 0 aliphatic heterocycles. The topological polar surface area (TPSA) is 104 Å².